The Bertz CT molecular complexity index is 719. The largest absolute Gasteiger partial charge is 0.343 e. The lowest BCUT2D eigenvalue weighted by molar-refractivity contribution is -0.115. The number of carbonyl (C=O) groups excluding carboxylic acids is 2. The number of rotatable bonds is 4. The van der Waals surface area contributed by atoms with E-state index >= 15 is 0 Å². The second-order valence-corrected chi connectivity index (χ2v) is 5.83. The van der Waals surface area contributed by atoms with Gasteiger partial charge < -0.3 is 10.6 Å². The molecule has 0 atom stereocenters. The molecule has 0 bridgehead atoms. The topological polar surface area (TPSA) is 58.2 Å². The molecule has 0 saturated carbocycles. The minimum Gasteiger partial charge on any atom is -0.343 e. The van der Waals surface area contributed by atoms with Crippen molar-refractivity contribution in [3.63, 3.8) is 0 Å². The predicted molar refractivity (Wildman–Crippen MR) is 91.3 cm³/mol. The van der Waals surface area contributed by atoms with Gasteiger partial charge in [-0.1, -0.05) is 12.1 Å². The molecule has 0 aliphatic heterocycles. The Morgan fingerprint density at radius 1 is 1.18 bits per heavy atom. The van der Waals surface area contributed by atoms with Crippen molar-refractivity contribution in [1.82, 2.24) is 5.32 Å². The van der Waals surface area contributed by atoms with E-state index in [-0.39, 0.29) is 24.2 Å². The van der Waals surface area contributed by atoms with Gasteiger partial charge in [-0.15, -0.1) is 0 Å². The second kappa shape index (κ2) is 7.35. The van der Waals surface area contributed by atoms with Crippen LogP contribution in [-0.4, -0.2) is 18.4 Å². The first kappa shape index (κ1) is 16.4. The summed E-state index contributed by atoms with van der Waals surface area (Å²) in [5.74, 6) is -1.03. The molecule has 0 saturated heterocycles. The van der Waals surface area contributed by atoms with E-state index < -0.39 is 0 Å². The lowest BCUT2D eigenvalue weighted by Crippen LogP contribution is -2.33. The highest BCUT2D eigenvalue weighted by Crippen LogP contribution is 2.15. The van der Waals surface area contributed by atoms with Crippen molar-refractivity contribution in [1.29, 1.82) is 0 Å². The molecular weight excluding hydrogens is 398 g/mol. The van der Waals surface area contributed by atoms with E-state index in [2.05, 4.69) is 33.2 Å². The van der Waals surface area contributed by atoms with Crippen molar-refractivity contribution in [2.45, 2.75) is 6.92 Å². The average molecular weight is 412 g/mol. The monoisotopic (exact) mass is 412 g/mol. The van der Waals surface area contributed by atoms with Gasteiger partial charge in [0.05, 0.1) is 12.1 Å². The zero-order chi connectivity index (χ0) is 16.1. The van der Waals surface area contributed by atoms with Crippen LogP contribution < -0.4 is 10.6 Å². The zero-order valence-corrected chi connectivity index (χ0v) is 14.0. The third kappa shape index (κ3) is 4.27. The number of benzene rings is 2. The molecule has 2 aromatic rings. The van der Waals surface area contributed by atoms with E-state index in [9.17, 15) is 14.0 Å². The number of halogens is 2. The molecule has 0 unspecified atom stereocenters. The summed E-state index contributed by atoms with van der Waals surface area (Å²) in [6, 6.07) is 11.2. The number of anilines is 1. The Hall–Kier alpha value is -1.96. The summed E-state index contributed by atoms with van der Waals surface area (Å²) >= 11 is 2.06. The molecule has 114 valence electrons. The zero-order valence-electron chi connectivity index (χ0n) is 11.8. The van der Waals surface area contributed by atoms with Crippen molar-refractivity contribution < 1.29 is 14.0 Å². The van der Waals surface area contributed by atoms with E-state index in [0.29, 0.717) is 16.8 Å². The van der Waals surface area contributed by atoms with Crippen molar-refractivity contribution in [2.75, 3.05) is 11.9 Å². The molecule has 0 heterocycles. The Morgan fingerprint density at radius 2 is 1.91 bits per heavy atom. The van der Waals surface area contributed by atoms with E-state index in [1.165, 1.54) is 18.2 Å². The third-order valence-corrected chi connectivity index (χ3v) is 3.93. The molecule has 0 radical (unpaired) electrons. The summed E-state index contributed by atoms with van der Waals surface area (Å²) in [6.45, 7) is 1.55. The van der Waals surface area contributed by atoms with Crippen LogP contribution in [0.15, 0.2) is 42.5 Å². The molecule has 2 amide bonds. The highest BCUT2D eigenvalue weighted by Gasteiger charge is 2.11. The number of aryl methyl sites for hydroxylation is 1. The molecule has 2 aromatic carbocycles. The number of hydrogen-bond donors (Lipinski definition) is 2. The molecule has 2 rings (SSSR count). The van der Waals surface area contributed by atoms with Gasteiger partial charge in [-0.05, 0) is 65.4 Å². The van der Waals surface area contributed by atoms with Crippen LogP contribution in [0, 0.1) is 16.3 Å². The van der Waals surface area contributed by atoms with Gasteiger partial charge in [0.25, 0.3) is 5.91 Å². The quantitative estimate of drug-likeness (QED) is 0.759. The lowest BCUT2D eigenvalue weighted by Gasteiger charge is -2.10. The van der Waals surface area contributed by atoms with E-state index in [4.69, 9.17) is 0 Å². The summed E-state index contributed by atoms with van der Waals surface area (Å²) < 4.78 is 13.8. The van der Waals surface area contributed by atoms with Crippen LogP contribution in [0.1, 0.15) is 15.9 Å². The standard InChI is InChI=1S/C16H14FIN2O2/c1-10-8-11(17)6-7-14(10)20-15(21)9-19-16(22)12-4-2-3-5-13(12)18/h2-8H,9H2,1H3,(H,19,22)(H,20,21). The van der Waals surface area contributed by atoms with Crippen LogP contribution in [0.3, 0.4) is 0 Å². The average Bonchev–Trinajstić information content (AvgIpc) is 2.48. The normalized spacial score (nSPS) is 10.1. The molecule has 0 aliphatic carbocycles. The molecule has 6 heteroatoms. The second-order valence-electron chi connectivity index (χ2n) is 4.67. The van der Waals surface area contributed by atoms with Gasteiger partial charge in [0.2, 0.25) is 5.91 Å². The Morgan fingerprint density at radius 3 is 2.59 bits per heavy atom. The summed E-state index contributed by atoms with van der Waals surface area (Å²) in [5, 5.41) is 5.20. The van der Waals surface area contributed by atoms with Gasteiger partial charge >= 0.3 is 0 Å². The fourth-order valence-electron chi connectivity index (χ4n) is 1.86. The van der Waals surface area contributed by atoms with Crippen molar-refractivity contribution in [3.8, 4) is 0 Å². The third-order valence-electron chi connectivity index (χ3n) is 2.99. The fourth-order valence-corrected chi connectivity index (χ4v) is 2.50. The minimum absolute atomic E-state index is 0.152. The highest BCUT2D eigenvalue weighted by molar-refractivity contribution is 14.1. The molecule has 22 heavy (non-hydrogen) atoms. The van der Waals surface area contributed by atoms with Crippen LogP contribution in [0.4, 0.5) is 10.1 Å². The van der Waals surface area contributed by atoms with Crippen LogP contribution in [0.2, 0.25) is 0 Å². The number of amides is 2. The van der Waals surface area contributed by atoms with Crippen molar-refractivity contribution >= 4 is 40.1 Å². The smallest absolute Gasteiger partial charge is 0.252 e. The summed E-state index contributed by atoms with van der Waals surface area (Å²) in [6.07, 6.45) is 0. The van der Waals surface area contributed by atoms with E-state index in [1.54, 1.807) is 19.1 Å². The van der Waals surface area contributed by atoms with E-state index in [1.807, 2.05) is 12.1 Å². The lowest BCUT2D eigenvalue weighted by atomic mass is 10.2. The first-order valence-electron chi connectivity index (χ1n) is 6.56. The molecule has 0 aliphatic rings. The molecule has 2 N–H and O–H groups in total. The summed E-state index contributed by atoms with van der Waals surface area (Å²) in [5.41, 5.74) is 1.67. The Balaban J connectivity index is 1.93. The minimum atomic E-state index is -0.367. The SMILES string of the molecule is Cc1cc(F)ccc1NC(=O)CNC(=O)c1ccccc1I. The first-order valence-corrected chi connectivity index (χ1v) is 7.64. The van der Waals surface area contributed by atoms with Gasteiger partial charge in [-0.2, -0.15) is 0 Å². The fraction of sp³-hybridized carbons (Fsp3) is 0.125. The summed E-state index contributed by atoms with van der Waals surface area (Å²) in [4.78, 5) is 23.8. The van der Waals surface area contributed by atoms with Crippen LogP contribution >= 0.6 is 22.6 Å². The highest BCUT2D eigenvalue weighted by atomic mass is 127. The van der Waals surface area contributed by atoms with Crippen molar-refractivity contribution in [2.24, 2.45) is 0 Å². The van der Waals surface area contributed by atoms with Gasteiger partial charge in [0, 0.05) is 9.26 Å². The molecular formula is C16H14FIN2O2. The van der Waals surface area contributed by atoms with Gasteiger partial charge in [0.15, 0.2) is 0 Å². The van der Waals surface area contributed by atoms with Crippen molar-refractivity contribution in [3.05, 3.63) is 63.0 Å². The molecule has 0 spiro atoms. The van der Waals surface area contributed by atoms with E-state index in [0.717, 1.165) is 3.57 Å². The summed E-state index contributed by atoms with van der Waals surface area (Å²) in [7, 11) is 0. The maximum absolute atomic E-state index is 13.0. The molecule has 0 aromatic heterocycles. The number of hydrogen-bond acceptors (Lipinski definition) is 2. The molecule has 0 fully saturated rings. The van der Waals surface area contributed by atoms with Gasteiger partial charge in [-0.25, -0.2) is 4.39 Å². The molecule has 4 nitrogen and oxygen atoms in total. The van der Waals surface area contributed by atoms with Crippen LogP contribution in [0.25, 0.3) is 0 Å². The van der Waals surface area contributed by atoms with Crippen LogP contribution in [-0.2, 0) is 4.79 Å². The number of carbonyl (C=O) groups is 2. The first-order chi connectivity index (χ1) is 10.5. The maximum atomic E-state index is 13.0. The van der Waals surface area contributed by atoms with Gasteiger partial charge in [-0.3, -0.25) is 9.59 Å². The van der Waals surface area contributed by atoms with Gasteiger partial charge in [0.1, 0.15) is 5.82 Å². The Kier molecular flexibility index (Phi) is 5.48. The Labute approximate surface area is 141 Å². The number of nitrogens with one attached hydrogen (secondary N) is 2. The van der Waals surface area contributed by atoms with Crippen LogP contribution in [0.5, 0.6) is 0 Å². The predicted octanol–water partition coefficient (Wildman–Crippen LogP) is 3.11. The maximum Gasteiger partial charge on any atom is 0.252 e.